The van der Waals surface area contributed by atoms with Gasteiger partial charge in [-0.2, -0.15) is 0 Å². The van der Waals surface area contributed by atoms with Crippen LogP contribution in [-0.4, -0.2) is 31.8 Å². The van der Waals surface area contributed by atoms with Gasteiger partial charge in [-0.25, -0.2) is 13.1 Å². The quantitative estimate of drug-likeness (QED) is 0.257. The van der Waals surface area contributed by atoms with Gasteiger partial charge in [0.05, 0.1) is 16.9 Å². The molecular weight excluding hydrogens is 424 g/mol. The van der Waals surface area contributed by atoms with Crippen molar-refractivity contribution in [2.75, 3.05) is 6.61 Å². The lowest BCUT2D eigenvalue weighted by Gasteiger charge is -2.15. The molecular formula is C21H22N2O7S. The Morgan fingerprint density at radius 1 is 1.13 bits per heavy atom. The number of amides is 1. The molecule has 10 heteroatoms. The highest BCUT2D eigenvalue weighted by atomic mass is 32.2. The van der Waals surface area contributed by atoms with Crippen LogP contribution < -0.4 is 4.72 Å². The predicted octanol–water partition coefficient (Wildman–Crippen LogP) is 2.82. The van der Waals surface area contributed by atoms with Gasteiger partial charge < -0.3 is 4.74 Å². The molecule has 0 aromatic heterocycles. The first-order chi connectivity index (χ1) is 14.7. The van der Waals surface area contributed by atoms with Gasteiger partial charge in [0.2, 0.25) is 5.91 Å². The summed E-state index contributed by atoms with van der Waals surface area (Å²) in [5, 5.41) is 11.6. The Labute approximate surface area is 179 Å². The molecule has 0 radical (unpaired) electrons. The van der Waals surface area contributed by atoms with Crippen molar-refractivity contribution < 1.29 is 27.7 Å². The third kappa shape index (κ3) is 7.67. The summed E-state index contributed by atoms with van der Waals surface area (Å²) in [5.41, 5.74) is 1.19. The van der Waals surface area contributed by atoms with Crippen LogP contribution in [0.25, 0.3) is 6.08 Å². The first-order valence-electron chi connectivity index (χ1n) is 9.41. The molecule has 0 fully saturated rings. The van der Waals surface area contributed by atoms with E-state index in [-0.39, 0.29) is 25.1 Å². The molecule has 0 bridgehead atoms. The van der Waals surface area contributed by atoms with Gasteiger partial charge in [0.1, 0.15) is 5.92 Å². The minimum absolute atomic E-state index is 0.0274. The van der Waals surface area contributed by atoms with E-state index in [1.54, 1.807) is 37.3 Å². The SMILES string of the molecule is CCOC(=O)C(CCc1ccc([N+](=O)[O-])cc1)C(=O)NS(=O)(=O)/C=C/c1ccccc1. The highest BCUT2D eigenvalue weighted by molar-refractivity contribution is 7.93. The molecule has 0 heterocycles. The van der Waals surface area contributed by atoms with E-state index in [0.29, 0.717) is 11.1 Å². The highest BCUT2D eigenvalue weighted by Gasteiger charge is 2.30. The Morgan fingerprint density at radius 3 is 2.35 bits per heavy atom. The first kappa shape index (κ1) is 23.7. The van der Waals surface area contributed by atoms with E-state index in [0.717, 1.165) is 5.41 Å². The van der Waals surface area contributed by atoms with Crippen molar-refractivity contribution in [3.63, 3.8) is 0 Å². The molecule has 0 aliphatic carbocycles. The summed E-state index contributed by atoms with van der Waals surface area (Å²) in [6.45, 7) is 1.60. The molecule has 0 saturated heterocycles. The van der Waals surface area contributed by atoms with Crippen molar-refractivity contribution in [1.29, 1.82) is 0 Å². The van der Waals surface area contributed by atoms with Gasteiger partial charge >= 0.3 is 5.97 Å². The van der Waals surface area contributed by atoms with E-state index < -0.39 is 32.7 Å². The van der Waals surface area contributed by atoms with Gasteiger partial charge in [0.25, 0.3) is 15.7 Å². The molecule has 0 saturated carbocycles. The van der Waals surface area contributed by atoms with Gasteiger partial charge in [-0.05, 0) is 37.0 Å². The predicted molar refractivity (Wildman–Crippen MR) is 114 cm³/mol. The van der Waals surface area contributed by atoms with Crippen LogP contribution in [0, 0.1) is 16.0 Å². The summed E-state index contributed by atoms with van der Waals surface area (Å²) >= 11 is 0. The number of nitrogens with one attached hydrogen (secondary N) is 1. The van der Waals surface area contributed by atoms with Crippen molar-refractivity contribution in [3.05, 3.63) is 81.2 Å². The number of sulfonamides is 1. The Bertz CT molecular complexity index is 1050. The lowest BCUT2D eigenvalue weighted by atomic mass is 9.99. The Hall–Kier alpha value is -3.53. The first-order valence-corrected chi connectivity index (χ1v) is 11.0. The second kappa shape index (κ2) is 11.0. The van der Waals surface area contributed by atoms with Crippen LogP contribution in [0.3, 0.4) is 0 Å². The number of hydrogen-bond acceptors (Lipinski definition) is 7. The van der Waals surface area contributed by atoms with Gasteiger partial charge in [-0.15, -0.1) is 0 Å². The van der Waals surface area contributed by atoms with Crippen molar-refractivity contribution in [1.82, 2.24) is 4.72 Å². The van der Waals surface area contributed by atoms with E-state index in [1.807, 2.05) is 4.72 Å². The van der Waals surface area contributed by atoms with Crippen LogP contribution in [0.15, 0.2) is 60.0 Å². The molecule has 9 nitrogen and oxygen atoms in total. The molecule has 2 aromatic rings. The van der Waals surface area contributed by atoms with E-state index in [4.69, 9.17) is 4.74 Å². The largest absolute Gasteiger partial charge is 0.465 e. The molecule has 164 valence electrons. The maximum atomic E-state index is 12.5. The van der Waals surface area contributed by atoms with Crippen LogP contribution >= 0.6 is 0 Å². The van der Waals surface area contributed by atoms with E-state index in [2.05, 4.69) is 0 Å². The smallest absolute Gasteiger partial charge is 0.318 e. The lowest BCUT2D eigenvalue weighted by Crippen LogP contribution is -2.39. The third-order valence-corrected chi connectivity index (χ3v) is 5.22. The Balaban J connectivity index is 2.09. The average molecular weight is 446 g/mol. The average Bonchev–Trinajstić information content (AvgIpc) is 2.73. The number of non-ortho nitro benzene ring substituents is 1. The number of carbonyl (C=O) groups is 2. The number of ether oxygens (including phenoxy) is 1. The number of nitro benzene ring substituents is 1. The fraction of sp³-hybridized carbons (Fsp3) is 0.238. The number of aryl methyl sites for hydroxylation is 1. The normalized spacial score (nSPS) is 12.3. The second-order valence-corrected chi connectivity index (χ2v) is 8.06. The summed E-state index contributed by atoms with van der Waals surface area (Å²) in [6, 6.07) is 14.3. The number of carbonyl (C=O) groups excluding carboxylic acids is 2. The van der Waals surface area contributed by atoms with Crippen LogP contribution in [0.2, 0.25) is 0 Å². The maximum Gasteiger partial charge on any atom is 0.318 e. The second-order valence-electron chi connectivity index (χ2n) is 6.49. The van der Waals surface area contributed by atoms with Crippen molar-refractivity contribution >= 4 is 33.7 Å². The van der Waals surface area contributed by atoms with Crippen molar-refractivity contribution in [2.45, 2.75) is 19.8 Å². The van der Waals surface area contributed by atoms with Gasteiger partial charge in [-0.3, -0.25) is 19.7 Å². The van der Waals surface area contributed by atoms with Crippen molar-refractivity contribution in [2.24, 2.45) is 5.92 Å². The number of esters is 1. The van der Waals surface area contributed by atoms with Crippen molar-refractivity contribution in [3.8, 4) is 0 Å². The molecule has 1 N–H and O–H groups in total. The summed E-state index contributed by atoms with van der Waals surface area (Å²) < 4.78 is 31.3. The Kier molecular flexibility index (Phi) is 8.44. The molecule has 1 amide bonds. The molecule has 0 spiro atoms. The minimum Gasteiger partial charge on any atom is -0.465 e. The zero-order valence-corrected chi connectivity index (χ0v) is 17.6. The van der Waals surface area contributed by atoms with Gasteiger partial charge in [-0.1, -0.05) is 42.5 Å². The zero-order chi connectivity index (χ0) is 22.9. The number of benzene rings is 2. The van der Waals surface area contributed by atoms with Crippen LogP contribution in [0.5, 0.6) is 0 Å². The summed E-state index contributed by atoms with van der Waals surface area (Å²) in [4.78, 5) is 35.0. The minimum atomic E-state index is -4.13. The standard InChI is InChI=1S/C21H22N2O7S/c1-2-30-21(25)19(13-10-17-8-11-18(12-9-17)23(26)27)20(24)22-31(28,29)15-14-16-6-4-3-5-7-16/h3-9,11-12,14-15,19H,2,10,13H2,1H3,(H,22,24)/b15-14+. The van der Waals surface area contributed by atoms with Gasteiger partial charge in [0, 0.05) is 12.1 Å². The lowest BCUT2D eigenvalue weighted by molar-refractivity contribution is -0.384. The molecule has 0 aliphatic rings. The monoisotopic (exact) mass is 446 g/mol. The topological polar surface area (TPSA) is 133 Å². The number of rotatable bonds is 10. The van der Waals surface area contributed by atoms with E-state index >= 15 is 0 Å². The zero-order valence-electron chi connectivity index (χ0n) is 16.8. The fourth-order valence-electron chi connectivity index (χ4n) is 2.67. The molecule has 2 rings (SSSR count). The molecule has 1 unspecified atom stereocenters. The van der Waals surface area contributed by atoms with Crippen LogP contribution in [0.4, 0.5) is 5.69 Å². The maximum absolute atomic E-state index is 12.5. The van der Waals surface area contributed by atoms with Gasteiger partial charge in [0.15, 0.2) is 0 Å². The number of hydrogen-bond donors (Lipinski definition) is 1. The Morgan fingerprint density at radius 2 is 1.77 bits per heavy atom. The molecule has 31 heavy (non-hydrogen) atoms. The number of nitro groups is 1. The van der Waals surface area contributed by atoms with Crippen LogP contribution in [0.1, 0.15) is 24.5 Å². The molecule has 0 aliphatic heterocycles. The summed E-state index contributed by atoms with van der Waals surface area (Å²) in [7, 11) is -4.13. The van der Waals surface area contributed by atoms with E-state index in [1.165, 1.54) is 30.3 Å². The van der Waals surface area contributed by atoms with E-state index in [9.17, 15) is 28.1 Å². The third-order valence-electron chi connectivity index (χ3n) is 4.24. The highest BCUT2D eigenvalue weighted by Crippen LogP contribution is 2.17. The summed E-state index contributed by atoms with van der Waals surface area (Å²) in [6.07, 6.45) is 1.51. The fourth-order valence-corrected chi connectivity index (χ4v) is 3.50. The van der Waals surface area contributed by atoms with Crippen LogP contribution in [-0.2, 0) is 30.8 Å². The number of nitrogens with zero attached hydrogens (tertiary/aromatic N) is 1. The molecule has 2 aromatic carbocycles. The molecule has 1 atom stereocenters. The summed E-state index contributed by atoms with van der Waals surface area (Å²) in [5.74, 6) is -3.20.